The van der Waals surface area contributed by atoms with Gasteiger partial charge in [-0.3, -0.25) is 4.90 Å². The van der Waals surface area contributed by atoms with Crippen LogP contribution in [-0.2, 0) is 6.54 Å². The molecule has 2 nitrogen and oxygen atoms in total. The summed E-state index contributed by atoms with van der Waals surface area (Å²) >= 11 is 3.50. The highest BCUT2D eigenvalue weighted by Crippen LogP contribution is 2.26. The predicted molar refractivity (Wildman–Crippen MR) is 87.7 cm³/mol. The van der Waals surface area contributed by atoms with E-state index in [1.54, 1.807) is 0 Å². The topological polar surface area (TPSA) is 15.3 Å². The maximum atomic E-state index is 3.50. The Balaban J connectivity index is 1.85. The minimum absolute atomic E-state index is 1.04. The van der Waals surface area contributed by atoms with E-state index in [1.165, 1.54) is 16.7 Å². The summed E-state index contributed by atoms with van der Waals surface area (Å²) in [6, 6.07) is 17.3. The average Bonchev–Trinajstić information content (AvgIpc) is 2.50. The molecule has 1 N–H and O–H groups in total. The maximum Gasteiger partial charge on any atom is 0.0240 e. The molecule has 20 heavy (non-hydrogen) atoms. The number of rotatable bonds is 3. The first kappa shape index (κ1) is 13.8. The summed E-state index contributed by atoms with van der Waals surface area (Å²) in [5.74, 6) is 0. The molecule has 0 unspecified atom stereocenters. The Bertz CT molecular complexity index is 559. The lowest BCUT2D eigenvalue weighted by molar-refractivity contribution is 0.233. The van der Waals surface area contributed by atoms with Crippen molar-refractivity contribution in [3.05, 3.63) is 58.6 Å². The largest absolute Gasteiger partial charge is 0.314 e. The zero-order chi connectivity index (χ0) is 13.8. The van der Waals surface area contributed by atoms with E-state index < -0.39 is 0 Å². The Morgan fingerprint density at radius 3 is 2.40 bits per heavy atom. The normalized spacial score (nSPS) is 16.2. The SMILES string of the molecule is Brc1ccc(-c2ccccc2CN2CCNCC2)cc1. The summed E-state index contributed by atoms with van der Waals surface area (Å²) in [4.78, 5) is 2.52. The maximum absolute atomic E-state index is 3.50. The smallest absolute Gasteiger partial charge is 0.0240 e. The van der Waals surface area contributed by atoms with Gasteiger partial charge < -0.3 is 5.32 Å². The van der Waals surface area contributed by atoms with Crippen molar-refractivity contribution in [3.8, 4) is 11.1 Å². The lowest BCUT2D eigenvalue weighted by Crippen LogP contribution is -2.42. The van der Waals surface area contributed by atoms with Gasteiger partial charge in [-0.15, -0.1) is 0 Å². The van der Waals surface area contributed by atoms with Crippen LogP contribution in [0, 0.1) is 0 Å². The van der Waals surface area contributed by atoms with E-state index in [4.69, 9.17) is 0 Å². The number of halogens is 1. The summed E-state index contributed by atoms with van der Waals surface area (Å²) in [5.41, 5.74) is 4.05. The highest BCUT2D eigenvalue weighted by atomic mass is 79.9. The molecular weight excluding hydrogens is 312 g/mol. The molecule has 104 valence electrons. The van der Waals surface area contributed by atoms with Crippen LogP contribution in [0.3, 0.4) is 0 Å². The van der Waals surface area contributed by atoms with Gasteiger partial charge in [0, 0.05) is 37.2 Å². The van der Waals surface area contributed by atoms with Crippen LogP contribution in [-0.4, -0.2) is 31.1 Å². The van der Waals surface area contributed by atoms with Gasteiger partial charge in [0.1, 0.15) is 0 Å². The molecule has 1 aliphatic rings. The van der Waals surface area contributed by atoms with Crippen LogP contribution >= 0.6 is 15.9 Å². The number of hydrogen-bond acceptors (Lipinski definition) is 2. The lowest BCUT2D eigenvalue weighted by Gasteiger charge is -2.28. The third kappa shape index (κ3) is 3.29. The average molecular weight is 331 g/mol. The van der Waals surface area contributed by atoms with Crippen molar-refractivity contribution in [2.75, 3.05) is 26.2 Å². The Hall–Kier alpha value is -1.16. The van der Waals surface area contributed by atoms with Gasteiger partial charge in [0.05, 0.1) is 0 Å². The second kappa shape index (κ2) is 6.53. The van der Waals surface area contributed by atoms with Gasteiger partial charge >= 0.3 is 0 Å². The van der Waals surface area contributed by atoms with Crippen LogP contribution < -0.4 is 5.32 Å². The van der Waals surface area contributed by atoms with Crippen LogP contribution in [0.5, 0.6) is 0 Å². The summed E-state index contributed by atoms with van der Waals surface area (Å²) in [6.45, 7) is 5.50. The van der Waals surface area contributed by atoms with Gasteiger partial charge in [-0.25, -0.2) is 0 Å². The second-order valence-corrected chi connectivity index (χ2v) is 6.11. The zero-order valence-electron chi connectivity index (χ0n) is 11.5. The highest BCUT2D eigenvalue weighted by molar-refractivity contribution is 9.10. The molecule has 1 saturated heterocycles. The van der Waals surface area contributed by atoms with E-state index >= 15 is 0 Å². The van der Waals surface area contributed by atoms with Gasteiger partial charge in [-0.2, -0.15) is 0 Å². The van der Waals surface area contributed by atoms with Crippen molar-refractivity contribution < 1.29 is 0 Å². The number of hydrogen-bond donors (Lipinski definition) is 1. The van der Waals surface area contributed by atoms with E-state index in [0.29, 0.717) is 0 Å². The molecule has 3 rings (SSSR count). The Morgan fingerprint density at radius 1 is 0.950 bits per heavy atom. The van der Waals surface area contributed by atoms with Crippen LogP contribution in [0.25, 0.3) is 11.1 Å². The van der Waals surface area contributed by atoms with Crippen LogP contribution in [0.1, 0.15) is 5.56 Å². The van der Waals surface area contributed by atoms with Crippen molar-refractivity contribution in [2.24, 2.45) is 0 Å². The molecule has 0 radical (unpaired) electrons. The van der Waals surface area contributed by atoms with Gasteiger partial charge in [0.25, 0.3) is 0 Å². The molecule has 0 saturated carbocycles. The van der Waals surface area contributed by atoms with Crippen LogP contribution in [0.2, 0.25) is 0 Å². The molecule has 1 heterocycles. The van der Waals surface area contributed by atoms with E-state index in [0.717, 1.165) is 37.2 Å². The fourth-order valence-electron chi connectivity index (χ4n) is 2.68. The van der Waals surface area contributed by atoms with Gasteiger partial charge in [0.2, 0.25) is 0 Å². The molecule has 0 aliphatic carbocycles. The Labute approximate surface area is 128 Å². The first-order chi connectivity index (χ1) is 9.83. The summed E-state index contributed by atoms with van der Waals surface area (Å²) < 4.78 is 1.13. The molecule has 0 bridgehead atoms. The molecule has 0 amide bonds. The molecule has 0 atom stereocenters. The molecule has 1 fully saturated rings. The Kier molecular flexibility index (Phi) is 4.51. The van der Waals surface area contributed by atoms with Crippen LogP contribution in [0.15, 0.2) is 53.0 Å². The fraction of sp³-hybridized carbons (Fsp3) is 0.294. The third-order valence-electron chi connectivity index (χ3n) is 3.78. The van der Waals surface area contributed by atoms with Crippen molar-refractivity contribution >= 4 is 15.9 Å². The first-order valence-corrected chi connectivity index (χ1v) is 7.89. The second-order valence-electron chi connectivity index (χ2n) is 5.19. The molecule has 1 aliphatic heterocycles. The minimum Gasteiger partial charge on any atom is -0.314 e. The first-order valence-electron chi connectivity index (χ1n) is 7.10. The molecular formula is C17H19BrN2. The van der Waals surface area contributed by atoms with E-state index in [9.17, 15) is 0 Å². The molecule has 0 spiro atoms. The lowest BCUT2D eigenvalue weighted by atomic mass is 9.99. The molecule has 0 aromatic heterocycles. The van der Waals surface area contributed by atoms with Gasteiger partial charge in [-0.1, -0.05) is 52.3 Å². The quantitative estimate of drug-likeness (QED) is 0.926. The predicted octanol–water partition coefficient (Wildman–Crippen LogP) is 3.52. The molecule has 2 aromatic carbocycles. The molecule has 2 aromatic rings. The van der Waals surface area contributed by atoms with Crippen LogP contribution in [0.4, 0.5) is 0 Å². The van der Waals surface area contributed by atoms with Crippen molar-refractivity contribution in [2.45, 2.75) is 6.54 Å². The minimum atomic E-state index is 1.04. The summed E-state index contributed by atoms with van der Waals surface area (Å²) in [6.07, 6.45) is 0. The number of nitrogens with one attached hydrogen (secondary N) is 1. The van der Waals surface area contributed by atoms with E-state index in [2.05, 4.69) is 74.7 Å². The third-order valence-corrected chi connectivity index (χ3v) is 4.30. The van der Waals surface area contributed by atoms with Crippen molar-refractivity contribution in [1.82, 2.24) is 10.2 Å². The highest BCUT2D eigenvalue weighted by Gasteiger charge is 2.12. The summed E-state index contributed by atoms with van der Waals surface area (Å²) in [5, 5.41) is 3.41. The standard InChI is InChI=1S/C17H19BrN2/c18-16-7-5-14(6-8-16)17-4-2-1-3-15(17)13-20-11-9-19-10-12-20/h1-8,19H,9-13H2. The number of nitrogens with zero attached hydrogens (tertiary/aromatic N) is 1. The van der Waals surface area contributed by atoms with Gasteiger partial charge in [-0.05, 0) is 28.8 Å². The van der Waals surface area contributed by atoms with Crippen molar-refractivity contribution in [3.63, 3.8) is 0 Å². The van der Waals surface area contributed by atoms with E-state index in [1.807, 2.05) is 0 Å². The monoisotopic (exact) mass is 330 g/mol. The van der Waals surface area contributed by atoms with Gasteiger partial charge in [0.15, 0.2) is 0 Å². The zero-order valence-corrected chi connectivity index (χ0v) is 13.1. The number of benzene rings is 2. The van der Waals surface area contributed by atoms with Crippen molar-refractivity contribution in [1.29, 1.82) is 0 Å². The fourth-order valence-corrected chi connectivity index (χ4v) is 2.94. The Morgan fingerprint density at radius 2 is 1.65 bits per heavy atom. The number of piperazine rings is 1. The summed E-state index contributed by atoms with van der Waals surface area (Å²) in [7, 11) is 0. The van der Waals surface area contributed by atoms with E-state index in [-0.39, 0.29) is 0 Å². The molecule has 3 heteroatoms.